The lowest BCUT2D eigenvalue weighted by Gasteiger charge is -2.07. The molecule has 0 radical (unpaired) electrons. The molecule has 7 nitrogen and oxygen atoms in total. The Kier molecular flexibility index (Phi) is 5.42. The first-order valence-electron chi connectivity index (χ1n) is 6.70. The van der Waals surface area contributed by atoms with E-state index in [1.807, 2.05) is 0 Å². The van der Waals surface area contributed by atoms with Crippen molar-refractivity contribution in [3.8, 4) is 5.75 Å². The van der Waals surface area contributed by atoms with Crippen molar-refractivity contribution in [2.75, 3.05) is 12.4 Å². The average Bonchev–Trinajstić information content (AvgIpc) is 3.07. The molecule has 8 heteroatoms. The predicted octanol–water partition coefficient (Wildman–Crippen LogP) is 3.27. The number of hydrogen-bond donors (Lipinski definition) is 1. The molecule has 2 rings (SSSR count). The van der Waals surface area contributed by atoms with E-state index < -0.39 is 4.92 Å². The topological polar surface area (TPSA) is 98.5 Å². The molecular weight excluding hydrogens is 320 g/mol. The molecule has 1 aromatic carbocycles. The van der Waals surface area contributed by atoms with Gasteiger partial charge in [0.05, 0.1) is 16.9 Å². The van der Waals surface area contributed by atoms with Crippen LogP contribution in [0.1, 0.15) is 22.5 Å². The lowest BCUT2D eigenvalue weighted by Crippen LogP contribution is -2.13. The Morgan fingerprint density at radius 3 is 2.70 bits per heavy atom. The van der Waals surface area contributed by atoms with E-state index in [2.05, 4.69) is 5.32 Å². The van der Waals surface area contributed by atoms with E-state index in [0.29, 0.717) is 4.88 Å². The second-order valence-electron chi connectivity index (χ2n) is 4.59. The molecule has 1 heterocycles. The van der Waals surface area contributed by atoms with Crippen molar-refractivity contribution in [2.24, 2.45) is 0 Å². The number of anilines is 1. The highest BCUT2D eigenvalue weighted by molar-refractivity contribution is 7.12. The summed E-state index contributed by atoms with van der Waals surface area (Å²) in [5.41, 5.74) is 0.0473. The molecule has 0 aliphatic heterocycles. The molecule has 2 aromatic rings. The van der Waals surface area contributed by atoms with Crippen molar-refractivity contribution >= 4 is 34.4 Å². The number of rotatable bonds is 7. The smallest absolute Gasteiger partial charge is 0.312 e. The van der Waals surface area contributed by atoms with E-state index >= 15 is 0 Å². The van der Waals surface area contributed by atoms with Crippen LogP contribution in [0.4, 0.5) is 11.4 Å². The molecule has 1 N–H and O–H groups in total. The van der Waals surface area contributed by atoms with E-state index in [1.165, 1.54) is 36.6 Å². The molecule has 1 amide bonds. The quantitative estimate of drug-likeness (QED) is 0.476. The monoisotopic (exact) mass is 334 g/mol. The van der Waals surface area contributed by atoms with Crippen molar-refractivity contribution < 1.29 is 19.2 Å². The van der Waals surface area contributed by atoms with Gasteiger partial charge >= 0.3 is 5.69 Å². The Bertz CT molecular complexity index is 727. The number of benzene rings is 1. The number of nitro benzene ring substituents is 1. The summed E-state index contributed by atoms with van der Waals surface area (Å²) >= 11 is 1.33. The number of thiophene rings is 1. The molecule has 0 bridgehead atoms. The van der Waals surface area contributed by atoms with Gasteiger partial charge in [0.25, 0.3) is 0 Å². The van der Waals surface area contributed by atoms with Gasteiger partial charge in [-0.15, -0.1) is 11.3 Å². The third-order valence-corrected chi connectivity index (χ3v) is 3.95. The highest BCUT2D eigenvalue weighted by Crippen LogP contribution is 2.29. The zero-order valence-electron chi connectivity index (χ0n) is 12.3. The number of ketones is 1. The SMILES string of the molecule is COc1ccc(NC(=O)CCC(=O)c2cccs2)cc1[N+](=O)[O-]. The summed E-state index contributed by atoms with van der Waals surface area (Å²) in [5.74, 6) is -0.369. The van der Waals surface area contributed by atoms with E-state index in [4.69, 9.17) is 4.74 Å². The standard InChI is InChI=1S/C15H14N2O5S/c1-22-13-6-4-10(9-11(13)17(20)21)16-15(19)7-5-12(18)14-3-2-8-23-14/h2-4,6,8-9H,5,7H2,1H3,(H,16,19). The third-order valence-electron chi connectivity index (χ3n) is 3.03. The Labute approximate surface area is 136 Å². The second kappa shape index (κ2) is 7.50. The predicted molar refractivity (Wildman–Crippen MR) is 86.2 cm³/mol. The molecule has 0 aliphatic carbocycles. The molecule has 0 spiro atoms. The average molecular weight is 334 g/mol. The first-order chi connectivity index (χ1) is 11.0. The Balaban J connectivity index is 1.96. The molecular formula is C15H14N2O5S. The molecule has 0 aliphatic rings. The van der Waals surface area contributed by atoms with Crippen LogP contribution in [0.3, 0.4) is 0 Å². The van der Waals surface area contributed by atoms with Crippen LogP contribution < -0.4 is 10.1 Å². The van der Waals surface area contributed by atoms with Gasteiger partial charge in [-0.2, -0.15) is 0 Å². The minimum Gasteiger partial charge on any atom is -0.490 e. The number of nitrogens with zero attached hydrogens (tertiary/aromatic N) is 1. The molecule has 0 saturated heterocycles. The van der Waals surface area contributed by atoms with Crippen molar-refractivity contribution in [3.05, 3.63) is 50.7 Å². The molecule has 0 atom stereocenters. The normalized spacial score (nSPS) is 10.1. The third kappa shape index (κ3) is 4.36. The van der Waals surface area contributed by atoms with Crippen molar-refractivity contribution in [2.45, 2.75) is 12.8 Å². The lowest BCUT2D eigenvalue weighted by molar-refractivity contribution is -0.385. The molecule has 0 unspecified atom stereocenters. The number of amides is 1. The molecule has 0 fully saturated rings. The number of nitro groups is 1. The summed E-state index contributed by atoms with van der Waals surface area (Å²) in [7, 11) is 1.33. The van der Waals surface area contributed by atoms with Crippen LogP contribution in [-0.2, 0) is 4.79 Å². The fourth-order valence-corrected chi connectivity index (χ4v) is 2.62. The molecule has 23 heavy (non-hydrogen) atoms. The fourth-order valence-electron chi connectivity index (χ4n) is 1.92. The van der Waals surface area contributed by atoms with Gasteiger partial charge < -0.3 is 10.1 Å². The molecule has 1 aromatic heterocycles. The molecule has 0 saturated carbocycles. The van der Waals surface area contributed by atoms with Gasteiger partial charge in [-0.3, -0.25) is 19.7 Å². The van der Waals surface area contributed by atoms with Gasteiger partial charge in [-0.05, 0) is 23.6 Å². The zero-order valence-corrected chi connectivity index (χ0v) is 13.1. The number of hydrogen-bond acceptors (Lipinski definition) is 6. The summed E-state index contributed by atoms with van der Waals surface area (Å²) in [6.07, 6.45) is 0.0984. The minimum atomic E-state index is -0.588. The first kappa shape index (κ1) is 16.6. The number of Topliss-reactive ketones (excluding diaryl/α,β-unsaturated/α-hetero) is 1. The largest absolute Gasteiger partial charge is 0.490 e. The highest BCUT2D eigenvalue weighted by atomic mass is 32.1. The van der Waals surface area contributed by atoms with Crippen LogP contribution in [0.5, 0.6) is 5.75 Å². The number of ether oxygens (including phenoxy) is 1. The highest BCUT2D eigenvalue weighted by Gasteiger charge is 2.16. The van der Waals surface area contributed by atoms with Crippen LogP contribution in [0.15, 0.2) is 35.7 Å². The zero-order chi connectivity index (χ0) is 16.8. The lowest BCUT2D eigenvalue weighted by atomic mass is 10.2. The van der Waals surface area contributed by atoms with Crippen LogP contribution in [0, 0.1) is 10.1 Å². The Morgan fingerprint density at radius 2 is 2.09 bits per heavy atom. The van der Waals surface area contributed by atoms with Gasteiger partial charge in [-0.25, -0.2) is 0 Å². The van der Waals surface area contributed by atoms with Gasteiger partial charge in [0.2, 0.25) is 5.91 Å². The van der Waals surface area contributed by atoms with Crippen molar-refractivity contribution in [1.82, 2.24) is 0 Å². The Morgan fingerprint density at radius 1 is 1.30 bits per heavy atom. The number of methoxy groups -OCH3 is 1. The summed E-state index contributed by atoms with van der Waals surface area (Å²) < 4.78 is 4.89. The van der Waals surface area contributed by atoms with E-state index in [9.17, 15) is 19.7 Å². The van der Waals surface area contributed by atoms with Crippen molar-refractivity contribution in [1.29, 1.82) is 0 Å². The number of nitrogens with one attached hydrogen (secondary N) is 1. The van der Waals surface area contributed by atoms with E-state index in [1.54, 1.807) is 17.5 Å². The van der Waals surface area contributed by atoms with E-state index in [-0.39, 0.29) is 41.7 Å². The van der Waals surface area contributed by atoms with Gasteiger partial charge in [0, 0.05) is 24.6 Å². The number of carbonyl (C=O) groups excluding carboxylic acids is 2. The molecule has 120 valence electrons. The maximum absolute atomic E-state index is 11.9. The van der Waals surface area contributed by atoms with Crippen LogP contribution in [0.25, 0.3) is 0 Å². The second-order valence-corrected chi connectivity index (χ2v) is 5.54. The van der Waals surface area contributed by atoms with Crippen molar-refractivity contribution in [3.63, 3.8) is 0 Å². The maximum Gasteiger partial charge on any atom is 0.312 e. The summed E-state index contributed by atoms with van der Waals surface area (Å²) in [6.45, 7) is 0. The van der Waals surface area contributed by atoms with Gasteiger partial charge in [-0.1, -0.05) is 6.07 Å². The van der Waals surface area contributed by atoms with Crippen LogP contribution in [-0.4, -0.2) is 23.7 Å². The summed E-state index contributed by atoms with van der Waals surface area (Å²) in [5, 5.41) is 15.3. The number of carbonyl (C=O) groups is 2. The van der Waals surface area contributed by atoms with Gasteiger partial charge in [0.15, 0.2) is 11.5 Å². The van der Waals surface area contributed by atoms with Crippen LogP contribution >= 0.6 is 11.3 Å². The summed E-state index contributed by atoms with van der Waals surface area (Å²) in [6, 6.07) is 7.61. The maximum atomic E-state index is 11.9. The van der Waals surface area contributed by atoms with E-state index in [0.717, 1.165) is 0 Å². The Hall–Kier alpha value is -2.74. The van der Waals surface area contributed by atoms with Crippen LogP contribution in [0.2, 0.25) is 0 Å². The first-order valence-corrected chi connectivity index (χ1v) is 7.58. The minimum absolute atomic E-state index is 0.0105. The fraction of sp³-hybridized carbons (Fsp3) is 0.200. The van der Waals surface area contributed by atoms with Gasteiger partial charge in [0.1, 0.15) is 0 Å². The summed E-state index contributed by atoms with van der Waals surface area (Å²) in [4.78, 5) is 34.6.